The minimum Gasteiger partial charge on any atom is -0.396 e. The molecular weight excluding hydrogens is 258 g/mol. The van der Waals surface area contributed by atoms with Crippen molar-refractivity contribution in [3.05, 3.63) is 28.7 Å². The zero-order chi connectivity index (χ0) is 15.2. The van der Waals surface area contributed by atoms with E-state index in [1.165, 1.54) is 10.6 Å². The van der Waals surface area contributed by atoms with E-state index in [2.05, 4.69) is 10.6 Å². The smallest absolute Gasteiger partial charge is 0.319 e. The summed E-state index contributed by atoms with van der Waals surface area (Å²) < 4.78 is 1.40. The van der Waals surface area contributed by atoms with E-state index in [0.717, 1.165) is 12.8 Å². The minimum absolute atomic E-state index is 0.115. The van der Waals surface area contributed by atoms with Gasteiger partial charge in [-0.15, -0.1) is 0 Å². The van der Waals surface area contributed by atoms with Crippen LogP contribution >= 0.6 is 0 Å². The summed E-state index contributed by atoms with van der Waals surface area (Å²) in [5.74, 6) is 0. The predicted molar refractivity (Wildman–Crippen MR) is 78.8 cm³/mol. The van der Waals surface area contributed by atoms with Crippen LogP contribution in [0.2, 0.25) is 0 Å². The van der Waals surface area contributed by atoms with E-state index in [1.54, 1.807) is 19.3 Å². The molecule has 1 aromatic rings. The molecule has 6 nitrogen and oxygen atoms in total. The van der Waals surface area contributed by atoms with Crippen LogP contribution in [0.15, 0.2) is 23.1 Å². The molecule has 0 radical (unpaired) electrons. The van der Waals surface area contributed by atoms with E-state index < -0.39 is 0 Å². The van der Waals surface area contributed by atoms with Gasteiger partial charge in [0.25, 0.3) is 0 Å². The average molecular weight is 281 g/mol. The van der Waals surface area contributed by atoms with Gasteiger partial charge in [-0.25, -0.2) is 4.79 Å². The number of urea groups is 1. The van der Waals surface area contributed by atoms with Crippen molar-refractivity contribution in [1.29, 1.82) is 0 Å². The van der Waals surface area contributed by atoms with Gasteiger partial charge in [-0.1, -0.05) is 13.8 Å². The zero-order valence-electron chi connectivity index (χ0n) is 12.3. The fourth-order valence-electron chi connectivity index (χ4n) is 1.69. The Bertz CT molecular complexity index is 509. The standard InChI is InChI=1S/C14H23N3O3/c1-14(2,10-18)7-4-8-15-13(20)16-11-5-6-12(19)17(3)9-11/h5-6,9,18H,4,7-8,10H2,1-3H3,(H2,15,16,20). The summed E-state index contributed by atoms with van der Waals surface area (Å²) in [6.45, 7) is 4.65. The van der Waals surface area contributed by atoms with Gasteiger partial charge in [-0.2, -0.15) is 0 Å². The molecule has 0 saturated carbocycles. The maximum atomic E-state index is 11.6. The first-order valence-corrected chi connectivity index (χ1v) is 6.66. The fourth-order valence-corrected chi connectivity index (χ4v) is 1.69. The topological polar surface area (TPSA) is 83.4 Å². The van der Waals surface area contributed by atoms with Crippen molar-refractivity contribution in [2.75, 3.05) is 18.5 Å². The third-order valence-corrected chi connectivity index (χ3v) is 3.09. The number of aliphatic hydroxyl groups is 1. The van der Waals surface area contributed by atoms with Crippen molar-refractivity contribution in [2.24, 2.45) is 12.5 Å². The van der Waals surface area contributed by atoms with Crippen LogP contribution in [-0.4, -0.2) is 28.9 Å². The van der Waals surface area contributed by atoms with Crippen LogP contribution in [-0.2, 0) is 7.05 Å². The van der Waals surface area contributed by atoms with Crippen LogP contribution in [0, 0.1) is 5.41 Å². The molecule has 1 rings (SSSR count). The molecule has 0 saturated heterocycles. The van der Waals surface area contributed by atoms with Crippen molar-refractivity contribution in [1.82, 2.24) is 9.88 Å². The second-order valence-corrected chi connectivity index (χ2v) is 5.67. The highest BCUT2D eigenvalue weighted by Crippen LogP contribution is 2.20. The molecule has 0 unspecified atom stereocenters. The third-order valence-electron chi connectivity index (χ3n) is 3.09. The number of aryl methyl sites for hydroxylation is 1. The Morgan fingerprint density at radius 2 is 2.10 bits per heavy atom. The number of anilines is 1. The molecule has 6 heteroatoms. The molecule has 20 heavy (non-hydrogen) atoms. The van der Waals surface area contributed by atoms with Crippen LogP contribution in [0.5, 0.6) is 0 Å². The lowest BCUT2D eigenvalue weighted by atomic mass is 9.89. The first-order chi connectivity index (χ1) is 9.34. The Balaban J connectivity index is 2.33. The number of hydrogen-bond donors (Lipinski definition) is 3. The molecule has 112 valence electrons. The van der Waals surface area contributed by atoms with Gasteiger partial charge >= 0.3 is 6.03 Å². The number of aromatic nitrogens is 1. The molecule has 0 spiro atoms. The van der Waals surface area contributed by atoms with Gasteiger partial charge < -0.3 is 20.3 Å². The summed E-state index contributed by atoms with van der Waals surface area (Å²) in [7, 11) is 1.63. The SMILES string of the molecule is Cn1cc(NC(=O)NCCCC(C)(C)CO)ccc1=O. The molecule has 0 aliphatic heterocycles. The van der Waals surface area contributed by atoms with Crippen molar-refractivity contribution in [3.8, 4) is 0 Å². The molecule has 0 aliphatic carbocycles. The largest absolute Gasteiger partial charge is 0.396 e. The van der Waals surface area contributed by atoms with Crippen LogP contribution < -0.4 is 16.2 Å². The summed E-state index contributed by atoms with van der Waals surface area (Å²) in [5.41, 5.74) is 0.332. The number of carbonyl (C=O) groups excluding carboxylic acids is 1. The fraction of sp³-hybridized carbons (Fsp3) is 0.571. The molecule has 0 aromatic carbocycles. The normalized spacial score (nSPS) is 11.2. The Hall–Kier alpha value is -1.82. The maximum absolute atomic E-state index is 11.6. The molecule has 0 aliphatic rings. The number of aliphatic hydroxyl groups excluding tert-OH is 1. The second kappa shape index (κ2) is 7.09. The highest BCUT2D eigenvalue weighted by Gasteiger charge is 2.15. The Morgan fingerprint density at radius 3 is 2.70 bits per heavy atom. The molecule has 0 fully saturated rings. The highest BCUT2D eigenvalue weighted by atomic mass is 16.3. The molecule has 3 N–H and O–H groups in total. The summed E-state index contributed by atoms with van der Waals surface area (Å²) in [5, 5.41) is 14.5. The molecule has 2 amide bonds. The summed E-state index contributed by atoms with van der Waals surface area (Å²) in [4.78, 5) is 22.8. The Kier molecular flexibility index (Phi) is 5.76. The average Bonchev–Trinajstić information content (AvgIpc) is 2.39. The van der Waals surface area contributed by atoms with Gasteiger partial charge in [0.1, 0.15) is 0 Å². The number of hydrogen-bond acceptors (Lipinski definition) is 3. The number of carbonyl (C=O) groups is 1. The van der Waals surface area contributed by atoms with E-state index in [4.69, 9.17) is 5.11 Å². The van der Waals surface area contributed by atoms with Gasteiger partial charge in [0.05, 0.1) is 5.69 Å². The monoisotopic (exact) mass is 281 g/mol. The number of nitrogens with zero attached hydrogens (tertiary/aromatic N) is 1. The van der Waals surface area contributed by atoms with E-state index >= 15 is 0 Å². The zero-order valence-corrected chi connectivity index (χ0v) is 12.3. The van der Waals surface area contributed by atoms with Crippen molar-refractivity contribution < 1.29 is 9.90 Å². The Morgan fingerprint density at radius 1 is 1.40 bits per heavy atom. The van der Waals surface area contributed by atoms with E-state index in [-0.39, 0.29) is 23.6 Å². The summed E-state index contributed by atoms with van der Waals surface area (Å²) >= 11 is 0. The van der Waals surface area contributed by atoms with Crippen LogP contribution in [0.25, 0.3) is 0 Å². The minimum atomic E-state index is -0.301. The number of amides is 2. The van der Waals surface area contributed by atoms with E-state index in [9.17, 15) is 9.59 Å². The molecule has 0 atom stereocenters. The van der Waals surface area contributed by atoms with Crippen LogP contribution in [0.3, 0.4) is 0 Å². The quantitative estimate of drug-likeness (QED) is 0.687. The second-order valence-electron chi connectivity index (χ2n) is 5.67. The number of pyridine rings is 1. The summed E-state index contributed by atoms with van der Waals surface area (Å²) in [6.07, 6.45) is 3.20. The lowest BCUT2D eigenvalue weighted by Crippen LogP contribution is -2.31. The van der Waals surface area contributed by atoms with Gasteiger partial charge in [0, 0.05) is 32.5 Å². The molecule has 1 aromatic heterocycles. The lowest BCUT2D eigenvalue weighted by Gasteiger charge is -2.21. The summed E-state index contributed by atoms with van der Waals surface area (Å²) in [6, 6.07) is 2.67. The van der Waals surface area contributed by atoms with Gasteiger partial charge in [-0.05, 0) is 24.3 Å². The van der Waals surface area contributed by atoms with Crippen LogP contribution in [0.1, 0.15) is 26.7 Å². The van der Waals surface area contributed by atoms with E-state index in [1.807, 2.05) is 13.8 Å². The first kappa shape index (κ1) is 16.2. The predicted octanol–water partition coefficient (Wildman–Crippen LogP) is 1.31. The number of rotatable bonds is 6. The number of nitrogens with one attached hydrogen (secondary N) is 2. The van der Waals surface area contributed by atoms with Gasteiger partial charge in [0.2, 0.25) is 5.56 Å². The molecule has 1 heterocycles. The molecule has 0 bridgehead atoms. The third kappa shape index (κ3) is 5.44. The van der Waals surface area contributed by atoms with Crippen LogP contribution in [0.4, 0.5) is 10.5 Å². The van der Waals surface area contributed by atoms with Crippen molar-refractivity contribution >= 4 is 11.7 Å². The van der Waals surface area contributed by atoms with Gasteiger partial charge in [0.15, 0.2) is 0 Å². The van der Waals surface area contributed by atoms with Crippen molar-refractivity contribution in [2.45, 2.75) is 26.7 Å². The first-order valence-electron chi connectivity index (χ1n) is 6.66. The Labute approximate surface area is 118 Å². The van der Waals surface area contributed by atoms with Gasteiger partial charge in [-0.3, -0.25) is 4.79 Å². The highest BCUT2D eigenvalue weighted by molar-refractivity contribution is 5.88. The molecular formula is C14H23N3O3. The van der Waals surface area contributed by atoms with Crippen molar-refractivity contribution in [3.63, 3.8) is 0 Å². The van der Waals surface area contributed by atoms with E-state index in [0.29, 0.717) is 12.2 Å². The lowest BCUT2D eigenvalue weighted by molar-refractivity contribution is 0.148. The maximum Gasteiger partial charge on any atom is 0.319 e.